The van der Waals surface area contributed by atoms with Crippen molar-refractivity contribution in [2.24, 2.45) is 11.1 Å². The van der Waals surface area contributed by atoms with E-state index in [1.807, 2.05) is 83.5 Å². The minimum atomic E-state index is -1.00. The highest BCUT2D eigenvalue weighted by Crippen LogP contribution is 2.44. The zero-order valence-electron chi connectivity index (χ0n) is 64.6. The minimum absolute atomic E-state index is 0.0168. The maximum absolute atomic E-state index is 14.3. The average Bonchev–Trinajstić information content (AvgIpc) is 1.61. The van der Waals surface area contributed by atoms with Crippen molar-refractivity contribution >= 4 is 97.7 Å². The summed E-state index contributed by atoms with van der Waals surface area (Å²) in [5, 5.41) is 13.4. The molecule has 3 aromatic carbocycles. The van der Waals surface area contributed by atoms with Crippen LogP contribution in [-0.4, -0.2) is 138 Å². The van der Waals surface area contributed by atoms with Crippen LogP contribution in [0.4, 0.5) is 13.2 Å². The van der Waals surface area contributed by atoms with E-state index >= 15 is 0 Å². The topological polar surface area (TPSA) is 235 Å². The van der Waals surface area contributed by atoms with E-state index in [2.05, 4.69) is 60.7 Å². The zero-order chi connectivity index (χ0) is 78.9. The summed E-state index contributed by atoms with van der Waals surface area (Å²) in [5.41, 5.74) is 12.3. The summed E-state index contributed by atoms with van der Waals surface area (Å²) in [6, 6.07) is 24.9. The van der Waals surface area contributed by atoms with Gasteiger partial charge in [-0.2, -0.15) is 0 Å². The van der Waals surface area contributed by atoms with Gasteiger partial charge in [0, 0.05) is 114 Å². The number of pyridine rings is 3. The number of nitrogens with one attached hydrogen (secondary N) is 1. The Bertz CT molecular complexity index is 4960. The number of amides is 4. The van der Waals surface area contributed by atoms with Crippen LogP contribution in [0, 0.1) is 22.9 Å². The van der Waals surface area contributed by atoms with Gasteiger partial charge in [0.25, 0.3) is 17.7 Å². The Kier molecular flexibility index (Phi) is 22.8. The number of halogens is 6. The third-order valence-electron chi connectivity index (χ3n) is 21.7. The molecular weight excluding hydrogens is 1440 g/mol. The highest BCUT2D eigenvalue weighted by atomic mass is 35.5. The molecule has 4 fully saturated rings. The summed E-state index contributed by atoms with van der Waals surface area (Å²) in [6.07, 6.45) is 6.89. The molecule has 3 saturated heterocycles. The maximum atomic E-state index is 14.3. The number of piperidine rings is 2. The van der Waals surface area contributed by atoms with Gasteiger partial charge in [0.05, 0.1) is 43.1 Å². The Labute approximate surface area is 644 Å². The van der Waals surface area contributed by atoms with E-state index in [1.165, 1.54) is 36.4 Å². The van der Waals surface area contributed by atoms with Crippen LogP contribution in [0.25, 0.3) is 67.1 Å². The van der Waals surface area contributed by atoms with Crippen molar-refractivity contribution < 1.29 is 55.5 Å². The lowest BCUT2D eigenvalue weighted by Gasteiger charge is -2.47. The molecule has 1 saturated carbocycles. The summed E-state index contributed by atoms with van der Waals surface area (Å²) >= 11 is 17.6. The first kappa shape index (κ1) is 80.7. The number of furan rings is 3. The van der Waals surface area contributed by atoms with Crippen molar-refractivity contribution in [1.82, 2.24) is 39.9 Å². The van der Waals surface area contributed by atoms with Gasteiger partial charge in [-0.25, -0.2) is 28.1 Å². The van der Waals surface area contributed by atoms with Crippen molar-refractivity contribution in [3.63, 3.8) is 0 Å². The Morgan fingerprint density at radius 2 is 0.880 bits per heavy atom. The van der Waals surface area contributed by atoms with Gasteiger partial charge in [-0.15, -0.1) is 0 Å². The van der Waals surface area contributed by atoms with Crippen molar-refractivity contribution in [3.8, 4) is 33.8 Å². The summed E-state index contributed by atoms with van der Waals surface area (Å²) in [5.74, 6) is -2.58. The number of hydrogen-bond acceptors (Lipinski definition) is 13. The van der Waals surface area contributed by atoms with E-state index in [0.717, 1.165) is 61.6 Å². The molecule has 18 nitrogen and oxygen atoms in total. The second-order valence-electron chi connectivity index (χ2n) is 34.5. The van der Waals surface area contributed by atoms with Crippen LogP contribution >= 0.6 is 34.8 Å². The quantitative estimate of drug-likeness (QED) is 0.116. The molecule has 108 heavy (non-hydrogen) atoms. The maximum Gasteiger partial charge on any atom is 0.310 e. The summed E-state index contributed by atoms with van der Waals surface area (Å²) in [6.45, 7) is 32.6. The fourth-order valence-corrected chi connectivity index (χ4v) is 15.9. The van der Waals surface area contributed by atoms with E-state index in [1.54, 1.807) is 46.2 Å². The lowest BCUT2D eigenvalue weighted by atomic mass is 9.71. The van der Waals surface area contributed by atoms with Gasteiger partial charge in [0.1, 0.15) is 34.0 Å². The number of carboxylic acid groups (broad SMARTS) is 1. The third kappa shape index (κ3) is 17.0. The van der Waals surface area contributed by atoms with Crippen molar-refractivity contribution in [1.29, 1.82) is 0 Å². The molecule has 1 aliphatic carbocycles. The van der Waals surface area contributed by atoms with E-state index in [4.69, 9.17) is 68.7 Å². The van der Waals surface area contributed by atoms with E-state index in [0.29, 0.717) is 106 Å². The van der Waals surface area contributed by atoms with Gasteiger partial charge in [-0.1, -0.05) is 135 Å². The van der Waals surface area contributed by atoms with Gasteiger partial charge < -0.3 is 49.0 Å². The predicted molar refractivity (Wildman–Crippen MR) is 418 cm³/mol. The van der Waals surface area contributed by atoms with Crippen LogP contribution in [0.15, 0.2) is 104 Å². The Morgan fingerprint density at radius 3 is 1.20 bits per heavy atom. The normalized spacial score (nSPS) is 18.7. The van der Waals surface area contributed by atoms with E-state index in [9.17, 15) is 42.3 Å². The van der Waals surface area contributed by atoms with Gasteiger partial charge >= 0.3 is 5.97 Å². The molecule has 24 heteroatoms. The molecule has 0 radical (unpaired) electrons. The number of aliphatic carboxylic acids is 1. The number of hydrogen-bond donors (Lipinski definition) is 3. The predicted octanol–water partition coefficient (Wildman–Crippen LogP) is 19.2. The van der Waals surface area contributed by atoms with Crippen molar-refractivity contribution in [2.45, 2.75) is 213 Å². The molecule has 4 aliphatic rings. The van der Waals surface area contributed by atoms with Crippen LogP contribution in [-0.2, 0) is 25.8 Å². The minimum Gasteiger partial charge on any atom is -0.481 e. The Balaban J connectivity index is 0.000000164. The molecule has 9 aromatic rings. The lowest BCUT2D eigenvalue weighted by Crippen LogP contribution is -2.62. The second kappa shape index (κ2) is 30.5. The number of piperazine rings is 1. The second-order valence-corrected chi connectivity index (χ2v) is 35.7. The number of nitrogens with zero attached hydrogens (tertiary/aromatic N) is 7. The van der Waals surface area contributed by atoms with E-state index in [-0.39, 0.29) is 109 Å². The number of carbonyl (C=O) groups excluding carboxylic acids is 4. The number of fused-ring (bicyclic) bond motifs is 3. The molecule has 9 heterocycles. The summed E-state index contributed by atoms with van der Waals surface area (Å²) < 4.78 is 60.9. The number of likely N-dealkylation sites (tertiary alicyclic amines) is 2. The molecule has 13 rings (SSSR count). The molecule has 6 aromatic heterocycles. The number of aromatic nitrogens is 3. The fourth-order valence-electron chi connectivity index (χ4n) is 15.6. The van der Waals surface area contributed by atoms with Gasteiger partial charge in [0.15, 0.2) is 34.0 Å². The van der Waals surface area contributed by atoms with Crippen LogP contribution in [0.1, 0.15) is 216 Å². The highest BCUT2D eigenvalue weighted by Gasteiger charge is 2.47. The molecule has 2 atom stereocenters. The number of nitrogens with two attached hydrogens (primary N) is 1. The molecule has 0 spiro atoms. The number of carbonyl (C=O) groups is 5. The van der Waals surface area contributed by atoms with Crippen LogP contribution in [0.2, 0.25) is 15.1 Å². The molecule has 4 amide bonds. The first-order chi connectivity index (χ1) is 50.4. The first-order valence-electron chi connectivity index (χ1n) is 37.0. The van der Waals surface area contributed by atoms with Gasteiger partial charge in [-0.3, -0.25) is 24.0 Å². The Morgan fingerprint density at radius 1 is 0.519 bits per heavy atom. The van der Waals surface area contributed by atoms with Gasteiger partial charge in [-0.05, 0) is 158 Å². The number of benzene rings is 3. The van der Waals surface area contributed by atoms with Crippen LogP contribution < -0.4 is 11.1 Å². The van der Waals surface area contributed by atoms with E-state index < -0.39 is 34.4 Å². The van der Waals surface area contributed by atoms with Crippen LogP contribution in [0.5, 0.6) is 0 Å². The number of rotatable bonds is 10. The zero-order valence-corrected chi connectivity index (χ0v) is 66.9. The molecule has 2 unspecified atom stereocenters. The molecule has 3 aliphatic heterocycles. The SMILES string of the molecule is CC(C)(C)c1cc(-c2ccc(Cl)c(F)c2)nc2cc(C(=O)N3CCC(N)CC3(C)C)oc12.CC(C)(C)c1cc(-c2ccc(Cl)c(F)c2)nc2cc(C(=O)N3CCN(C(=O)CC4(C(=O)O)CCCCC4)CC3(C)C)oc12.CNC1CCN(C(=O)c2cc3nc(-c4ccc(Cl)c(F)c4)cc(C(C)(C)C)c3o2)C(C)(C)C1. The molecule has 4 N–H and O–H groups in total. The third-order valence-corrected chi connectivity index (χ3v) is 22.6. The molecular formula is C84H99Cl3F3N9O9. The molecule has 576 valence electrons. The smallest absolute Gasteiger partial charge is 0.310 e. The number of carboxylic acids is 1. The average molecular weight is 1540 g/mol. The fraction of sp³-hybridized carbons (Fsp3) is 0.476. The van der Waals surface area contributed by atoms with Crippen molar-refractivity contribution in [2.75, 3.05) is 39.8 Å². The lowest BCUT2D eigenvalue weighted by molar-refractivity contribution is -0.157. The highest BCUT2D eigenvalue weighted by molar-refractivity contribution is 6.31. The summed E-state index contributed by atoms with van der Waals surface area (Å²) in [4.78, 5) is 87.5. The van der Waals surface area contributed by atoms with Gasteiger partial charge in [0.2, 0.25) is 5.91 Å². The standard InChI is InChI=1S/C33H39ClFN3O5.C26H31ClFN3O2.C25H29ClFN3O2/c1-31(2,3)21-16-24(20-9-10-22(34)23(35)15-20)36-25-17-26(43-28(21)25)29(40)38-14-13-37(19-32(38,4)5)27(39)18-33(30(41)42)11-7-6-8-12-33;1-25(2,3)17-12-20(15-7-8-18(27)19(28)11-15)30-21-13-22(33-23(17)21)24(32)31-10-9-16(29-6)14-26(31,4)5;1-24(2,3)16-11-19(14-6-7-17(26)18(27)10-14)29-20-12-21(32-22(16)20)23(31)30-9-8-15(28)13-25(30,4)5/h9-10,15-17H,6-8,11-14,18-19H2,1-5H3,(H,41,42);7-8,11-13,16,29H,9-10,14H2,1-6H3;6-7,10-12,15H,8-9,13,28H2,1-5H3. The monoisotopic (exact) mass is 1540 g/mol. The largest absolute Gasteiger partial charge is 0.481 e. The molecule has 0 bridgehead atoms. The summed E-state index contributed by atoms with van der Waals surface area (Å²) in [7, 11) is 1.96. The van der Waals surface area contributed by atoms with Crippen molar-refractivity contribution in [3.05, 3.63) is 157 Å². The van der Waals surface area contributed by atoms with Crippen LogP contribution in [0.3, 0.4) is 0 Å². The first-order valence-corrected chi connectivity index (χ1v) is 38.1. The Hall–Kier alpha value is -8.34.